The van der Waals surface area contributed by atoms with E-state index in [1.165, 1.54) is 42.5 Å². The van der Waals surface area contributed by atoms with Gasteiger partial charge in [0.15, 0.2) is 0 Å². The van der Waals surface area contributed by atoms with Crippen molar-refractivity contribution in [3.63, 3.8) is 0 Å². The molecule has 8 heteroatoms. The molecule has 0 heterocycles. The Morgan fingerprint density at radius 1 is 1.21 bits per heavy atom. The van der Waals surface area contributed by atoms with E-state index in [0.29, 0.717) is 4.47 Å². The Hall–Kier alpha value is -2.03. The van der Waals surface area contributed by atoms with Crippen LogP contribution in [0.4, 0.5) is 10.1 Å². The van der Waals surface area contributed by atoms with Gasteiger partial charge in [-0.1, -0.05) is 22.0 Å². The highest BCUT2D eigenvalue weighted by atomic mass is 79.9. The molecule has 0 radical (unpaired) electrons. The predicted molar refractivity (Wildman–Crippen MR) is 93.9 cm³/mol. The zero-order valence-corrected chi connectivity index (χ0v) is 14.8. The van der Waals surface area contributed by atoms with Crippen LogP contribution in [0, 0.1) is 5.82 Å². The number of hydrogen-bond acceptors (Lipinski definition) is 3. The second kappa shape index (κ2) is 7.69. The second-order valence-corrected chi connectivity index (χ2v) is 7.43. The van der Waals surface area contributed by atoms with Gasteiger partial charge in [-0.2, -0.15) is 0 Å². The maximum absolute atomic E-state index is 13.7. The lowest BCUT2D eigenvalue weighted by Crippen LogP contribution is -2.23. The van der Waals surface area contributed by atoms with Crippen LogP contribution in [0.1, 0.15) is 10.4 Å². The lowest BCUT2D eigenvalue weighted by atomic mass is 10.2. The normalized spacial score (nSPS) is 11.1. The molecule has 0 aromatic heterocycles. The van der Waals surface area contributed by atoms with Crippen molar-refractivity contribution in [3.8, 4) is 0 Å². The van der Waals surface area contributed by atoms with Crippen LogP contribution >= 0.6 is 15.9 Å². The highest BCUT2D eigenvalue weighted by molar-refractivity contribution is 9.10. The number of halogens is 2. The molecule has 0 unspecified atom stereocenters. The molecular formula is C16H14BrFN2O3S. The second-order valence-electron chi connectivity index (χ2n) is 4.74. The molecule has 5 nitrogen and oxygen atoms in total. The molecule has 0 saturated carbocycles. The van der Waals surface area contributed by atoms with Gasteiger partial charge >= 0.3 is 0 Å². The van der Waals surface area contributed by atoms with Gasteiger partial charge in [0.25, 0.3) is 5.91 Å². The zero-order valence-electron chi connectivity index (χ0n) is 12.4. The van der Waals surface area contributed by atoms with Crippen molar-refractivity contribution in [3.05, 3.63) is 71.0 Å². The average molecular weight is 413 g/mol. The van der Waals surface area contributed by atoms with Crippen LogP contribution in [0.2, 0.25) is 0 Å². The van der Waals surface area contributed by atoms with Crippen LogP contribution in [0.5, 0.6) is 0 Å². The smallest absolute Gasteiger partial charge is 0.255 e. The molecule has 0 aliphatic carbocycles. The van der Waals surface area contributed by atoms with E-state index >= 15 is 0 Å². The lowest BCUT2D eigenvalue weighted by molar-refractivity contribution is 0.102. The molecule has 1 amide bonds. The molecule has 24 heavy (non-hydrogen) atoms. The largest absolute Gasteiger partial charge is 0.319 e. The Bertz CT molecular complexity index is 867. The highest BCUT2D eigenvalue weighted by Gasteiger charge is 2.14. The van der Waals surface area contributed by atoms with Crippen LogP contribution < -0.4 is 10.0 Å². The van der Waals surface area contributed by atoms with Gasteiger partial charge in [0, 0.05) is 16.6 Å². The maximum Gasteiger partial charge on any atom is 0.255 e. The van der Waals surface area contributed by atoms with Gasteiger partial charge < -0.3 is 5.32 Å². The molecule has 126 valence electrons. The van der Waals surface area contributed by atoms with Gasteiger partial charge in [-0.3, -0.25) is 4.79 Å². The van der Waals surface area contributed by atoms with E-state index in [2.05, 4.69) is 32.5 Å². The van der Waals surface area contributed by atoms with E-state index in [0.717, 1.165) is 0 Å². The quantitative estimate of drug-likeness (QED) is 0.714. The first-order valence-electron chi connectivity index (χ1n) is 6.80. The molecule has 2 aromatic rings. The molecule has 2 aromatic carbocycles. The van der Waals surface area contributed by atoms with Gasteiger partial charge in [0.05, 0.1) is 10.6 Å². The number of amides is 1. The molecule has 0 saturated heterocycles. The summed E-state index contributed by atoms with van der Waals surface area (Å²) in [6.07, 6.45) is 1.42. The minimum atomic E-state index is -3.65. The van der Waals surface area contributed by atoms with E-state index in [-0.39, 0.29) is 22.7 Å². The molecule has 0 spiro atoms. The maximum atomic E-state index is 13.7. The van der Waals surface area contributed by atoms with Crippen molar-refractivity contribution in [2.24, 2.45) is 0 Å². The molecule has 2 N–H and O–H groups in total. The van der Waals surface area contributed by atoms with Gasteiger partial charge in [0.2, 0.25) is 10.0 Å². The molecule has 0 bridgehead atoms. The number of sulfonamides is 1. The van der Waals surface area contributed by atoms with Crippen LogP contribution in [0.3, 0.4) is 0 Å². The lowest BCUT2D eigenvalue weighted by Gasteiger charge is -2.08. The monoisotopic (exact) mass is 412 g/mol. The van der Waals surface area contributed by atoms with Gasteiger partial charge in [0.1, 0.15) is 5.82 Å². The summed E-state index contributed by atoms with van der Waals surface area (Å²) >= 11 is 3.13. The number of rotatable bonds is 6. The zero-order chi connectivity index (χ0) is 17.7. The first-order valence-corrected chi connectivity index (χ1v) is 9.08. The van der Waals surface area contributed by atoms with E-state index in [1.807, 2.05) is 0 Å². The molecule has 2 rings (SSSR count). The van der Waals surface area contributed by atoms with Gasteiger partial charge in [-0.15, -0.1) is 6.58 Å². The number of benzene rings is 2. The Kier molecular flexibility index (Phi) is 5.87. The number of anilines is 1. The molecule has 0 aliphatic heterocycles. The fourth-order valence-electron chi connectivity index (χ4n) is 1.82. The third-order valence-electron chi connectivity index (χ3n) is 3.02. The van der Waals surface area contributed by atoms with Crippen molar-refractivity contribution in [1.82, 2.24) is 4.72 Å². The van der Waals surface area contributed by atoms with Crippen LogP contribution in [0.15, 0.2) is 64.5 Å². The molecular weight excluding hydrogens is 399 g/mol. The number of nitrogens with one attached hydrogen (secondary N) is 2. The molecule has 0 aliphatic rings. The van der Waals surface area contributed by atoms with Crippen molar-refractivity contribution >= 4 is 37.5 Å². The van der Waals surface area contributed by atoms with Crippen molar-refractivity contribution < 1.29 is 17.6 Å². The Balaban J connectivity index is 2.15. The molecule has 0 fully saturated rings. The highest BCUT2D eigenvalue weighted by Crippen LogP contribution is 2.20. The predicted octanol–water partition coefficient (Wildman–Crippen LogP) is 3.30. The van der Waals surface area contributed by atoms with Gasteiger partial charge in [-0.05, 0) is 42.5 Å². The Labute approximate surface area is 147 Å². The summed E-state index contributed by atoms with van der Waals surface area (Å²) in [6.45, 7) is 3.54. The summed E-state index contributed by atoms with van der Waals surface area (Å²) in [5.41, 5.74) is 0.243. The summed E-state index contributed by atoms with van der Waals surface area (Å²) in [6, 6.07) is 9.57. The fraction of sp³-hybridized carbons (Fsp3) is 0.0625. The SMILES string of the molecule is C=CCNS(=O)(=O)c1ccc(C(=O)Nc2ccc(Br)cc2F)cc1. The topological polar surface area (TPSA) is 75.3 Å². The summed E-state index contributed by atoms with van der Waals surface area (Å²) in [5, 5.41) is 2.43. The van der Waals surface area contributed by atoms with E-state index in [1.54, 1.807) is 6.07 Å². The number of carbonyl (C=O) groups excluding carboxylic acids is 1. The minimum Gasteiger partial charge on any atom is -0.319 e. The summed E-state index contributed by atoms with van der Waals surface area (Å²) in [4.78, 5) is 12.1. The summed E-state index contributed by atoms with van der Waals surface area (Å²) in [5.74, 6) is -1.12. The standard InChI is InChI=1S/C16H14BrFN2O3S/c1-2-9-19-24(22,23)13-6-3-11(4-7-13)16(21)20-15-8-5-12(17)10-14(15)18/h2-8,10,19H,1,9H2,(H,20,21). The molecule has 0 atom stereocenters. The minimum absolute atomic E-state index is 0.0238. The summed E-state index contributed by atoms with van der Waals surface area (Å²) < 4.78 is 40.5. The van der Waals surface area contributed by atoms with Crippen molar-refractivity contribution in [2.75, 3.05) is 11.9 Å². The number of hydrogen-bond donors (Lipinski definition) is 2. The number of carbonyl (C=O) groups is 1. The average Bonchev–Trinajstić information content (AvgIpc) is 2.55. The van der Waals surface area contributed by atoms with Crippen LogP contribution in [0.25, 0.3) is 0 Å². The van der Waals surface area contributed by atoms with E-state index in [9.17, 15) is 17.6 Å². The van der Waals surface area contributed by atoms with Gasteiger partial charge in [-0.25, -0.2) is 17.5 Å². The van der Waals surface area contributed by atoms with Crippen molar-refractivity contribution in [1.29, 1.82) is 0 Å². The van der Waals surface area contributed by atoms with E-state index < -0.39 is 21.7 Å². The van der Waals surface area contributed by atoms with Crippen molar-refractivity contribution in [2.45, 2.75) is 4.90 Å². The Morgan fingerprint density at radius 2 is 1.88 bits per heavy atom. The Morgan fingerprint density at radius 3 is 2.46 bits per heavy atom. The van der Waals surface area contributed by atoms with Crippen LogP contribution in [-0.2, 0) is 10.0 Å². The van der Waals surface area contributed by atoms with E-state index in [4.69, 9.17) is 0 Å². The first-order chi connectivity index (χ1) is 11.3. The third-order valence-corrected chi connectivity index (χ3v) is 4.96. The fourth-order valence-corrected chi connectivity index (χ4v) is 3.15. The first kappa shape index (κ1) is 18.3. The third kappa shape index (κ3) is 4.50. The van der Waals surface area contributed by atoms with Crippen LogP contribution in [-0.4, -0.2) is 20.9 Å². The summed E-state index contributed by atoms with van der Waals surface area (Å²) in [7, 11) is -3.65.